The molecule has 0 bridgehead atoms. The van der Waals surface area contributed by atoms with Gasteiger partial charge in [-0.3, -0.25) is 9.79 Å². The fraction of sp³-hybridized carbons (Fsp3) is 0.417. The third kappa shape index (κ3) is 6.59. The minimum Gasteiger partial charge on any atom is -0.369 e. The SMILES string of the molecule is CN=C(NCc1cccc(NC(=O)C2CCCO2)c1)NC1CCN(c2ccccc2)C1.I. The summed E-state index contributed by atoms with van der Waals surface area (Å²) in [5.41, 5.74) is 3.12. The van der Waals surface area contributed by atoms with E-state index in [1.165, 1.54) is 5.69 Å². The van der Waals surface area contributed by atoms with Crippen LogP contribution in [0, 0.1) is 0 Å². The van der Waals surface area contributed by atoms with Gasteiger partial charge in [-0.15, -0.1) is 24.0 Å². The molecular weight excluding hydrogens is 517 g/mol. The van der Waals surface area contributed by atoms with Crippen LogP contribution in [-0.4, -0.2) is 50.8 Å². The molecule has 2 fully saturated rings. The molecule has 2 atom stereocenters. The fourth-order valence-electron chi connectivity index (χ4n) is 4.09. The number of carbonyl (C=O) groups is 1. The lowest BCUT2D eigenvalue weighted by atomic mass is 10.2. The lowest BCUT2D eigenvalue weighted by Crippen LogP contribution is -2.44. The van der Waals surface area contributed by atoms with Crippen LogP contribution in [0.2, 0.25) is 0 Å². The van der Waals surface area contributed by atoms with Crippen molar-refractivity contribution >= 4 is 47.2 Å². The zero-order valence-corrected chi connectivity index (χ0v) is 20.8. The second-order valence-electron chi connectivity index (χ2n) is 8.03. The summed E-state index contributed by atoms with van der Waals surface area (Å²) in [4.78, 5) is 19.0. The molecular formula is C24H32IN5O2. The first-order valence-corrected chi connectivity index (χ1v) is 11.0. The van der Waals surface area contributed by atoms with Gasteiger partial charge in [0.05, 0.1) is 0 Å². The standard InChI is InChI=1S/C24H31N5O2.HI/c1-25-24(28-20-12-13-29(17-20)21-9-3-2-4-10-21)26-16-18-7-5-8-19(15-18)27-23(30)22-11-6-14-31-22;/h2-5,7-10,15,20,22H,6,11-14,16-17H2,1H3,(H,27,30)(H2,25,26,28);1H. The van der Waals surface area contributed by atoms with Gasteiger partial charge in [0, 0.05) is 50.7 Å². The highest BCUT2D eigenvalue weighted by Gasteiger charge is 2.24. The highest BCUT2D eigenvalue weighted by atomic mass is 127. The second-order valence-corrected chi connectivity index (χ2v) is 8.03. The maximum Gasteiger partial charge on any atom is 0.253 e. The van der Waals surface area contributed by atoms with Crippen molar-refractivity contribution in [3.05, 3.63) is 60.2 Å². The van der Waals surface area contributed by atoms with Crippen molar-refractivity contribution in [3.63, 3.8) is 0 Å². The average molecular weight is 549 g/mol. The quantitative estimate of drug-likeness (QED) is 0.293. The molecule has 0 saturated carbocycles. The van der Waals surface area contributed by atoms with Gasteiger partial charge in [-0.1, -0.05) is 30.3 Å². The Bertz CT molecular complexity index is 902. The smallest absolute Gasteiger partial charge is 0.253 e. The van der Waals surface area contributed by atoms with E-state index >= 15 is 0 Å². The van der Waals surface area contributed by atoms with Gasteiger partial charge in [-0.05, 0) is 49.1 Å². The maximum absolute atomic E-state index is 12.3. The molecule has 2 aliphatic rings. The van der Waals surface area contributed by atoms with Crippen molar-refractivity contribution in [2.75, 3.05) is 37.0 Å². The third-order valence-electron chi connectivity index (χ3n) is 5.75. The second kappa shape index (κ2) is 12.1. The van der Waals surface area contributed by atoms with Crippen molar-refractivity contribution < 1.29 is 9.53 Å². The number of hydrogen-bond acceptors (Lipinski definition) is 4. The molecule has 8 heteroatoms. The van der Waals surface area contributed by atoms with E-state index < -0.39 is 0 Å². The molecule has 2 saturated heterocycles. The molecule has 0 aromatic heterocycles. The monoisotopic (exact) mass is 549 g/mol. The lowest BCUT2D eigenvalue weighted by Gasteiger charge is -2.20. The predicted molar refractivity (Wildman–Crippen MR) is 140 cm³/mol. The number of hydrogen-bond donors (Lipinski definition) is 3. The molecule has 7 nitrogen and oxygen atoms in total. The number of guanidine groups is 1. The van der Waals surface area contributed by atoms with Gasteiger partial charge >= 0.3 is 0 Å². The van der Waals surface area contributed by atoms with Crippen LogP contribution in [-0.2, 0) is 16.1 Å². The van der Waals surface area contributed by atoms with Gasteiger partial charge in [0.25, 0.3) is 5.91 Å². The Kier molecular flexibility index (Phi) is 9.16. The van der Waals surface area contributed by atoms with E-state index in [0.29, 0.717) is 19.2 Å². The van der Waals surface area contributed by atoms with Gasteiger partial charge in [0.15, 0.2) is 5.96 Å². The summed E-state index contributed by atoms with van der Waals surface area (Å²) in [5.74, 6) is 0.720. The number of para-hydroxylation sites is 1. The van der Waals surface area contributed by atoms with Crippen molar-refractivity contribution in [2.24, 2.45) is 4.99 Å². The molecule has 2 aromatic carbocycles. The number of ether oxygens (including phenoxy) is 1. The highest BCUT2D eigenvalue weighted by Crippen LogP contribution is 2.20. The van der Waals surface area contributed by atoms with Crippen LogP contribution in [0.5, 0.6) is 0 Å². The number of carbonyl (C=O) groups excluding carboxylic acids is 1. The summed E-state index contributed by atoms with van der Waals surface area (Å²) >= 11 is 0. The Morgan fingerprint density at radius 3 is 2.75 bits per heavy atom. The van der Waals surface area contributed by atoms with E-state index in [0.717, 1.165) is 49.6 Å². The first-order valence-electron chi connectivity index (χ1n) is 11.0. The molecule has 2 aliphatic heterocycles. The summed E-state index contributed by atoms with van der Waals surface area (Å²) < 4.78 is 5.46. The van der Waals surface area contributed by atoms with Crippen LogP contribution >= 0.6 is 24.0 Å². The molecule has 2 unspecified atom stereocenters. The summed E-state index contributed by atoms with van der Waals surface area (Å²) in [6, 6.07) is 18.7. The van der Waals surface area contributed by atoms with Crippen LogP contribution in [0.25, 0.3) is 0 Å². The van der Waals surface area contributed by atoms with Gasteiger partial charge in [0.2, 0.25) is 0 Å². The normalized spacial score (nSPS) is 20.5. The molecule has 2 heterocycles. The van der Waals surface area contributed by atoms with Crippen molar-refractivity contribution in [1.29, 1.82) is 0 Å². The Morgan fingerprint density at radius 2 is 2.00 bits per heavy atom. The molecule has 2 aromatic rings. The minimum atomic E-state index is -0.327. The van der Waals surface area contributed by atoms with Gasteiger partial charge < -0.3 is 25.6 Å². The summed E-state index contributed by atoms with van der Waals surface area (Å²) in [5, 5.41) is 9.88. The first kappa shape index (κ1) is 24.3. The molecule has 1 amide bonds. The van der Waals surface area contributed by atoms with Crippen LogP contribution < -0.4 is 20.9 Å². The zero-order chi connectivity index (χ0) is 21.5. The molecule has 32 heavy (non-hydrogen) atoms. The van der Waals surface area contributed by atoms with Crippen molar-refractivity contribution in [2.45, 2.75) is 38.0 Å². The highest BCUT2D eigenvalue weighted by molar-refractivity contribution is 14.0. The van der Waals surface area contributed by atoms with Crippen molar-refractivity contribution in [3.8, 4) is 0 Å². The topological polar surface area (TPSA) is 78.0 Å². The van der Waals surface area contributed by atoms with Crippen LogP contribution in [0.1, 0.15) is 24.8 Å². The van der Waals surface area contributed by atoms with E-state index in [9.17, 15) is 4.79 Å². The number of amides is 1. The minimum absolute atomic E-state index is 0. The molecule has 4 rings (SSSR count). The summed E-state index contributed by atoms with van der Waals surface area (Å²) in [6.07, 6.45) is 2.47. The summed E-state index contributed by atoms with van der Waals surface area (Å²) in [7, 11) is 1.79. The molecule has 172 valence electrons. The first-order chi connectivity index (χ1) is 15.2. The zero-order valence-electron chi connectivity index (χ0n) is 18.4. The predicted octanol–water partition coefficient (Wildman–Crippen LogP) is 3.37. The lowest BCUT2D eigenvalue weighted by molar-refractivity contribution is -0.124. The van der Waals surface area contributed by atoms with Gasteiger partial charge in [-0.25, -0.2) is 0 Å². The largest absolute Gasteiger partial charge is 0.369 e. The van der Waals surface area contributed by atoms with E-state index in [1.54, 1.807) is 7.05 Å². The van der Waals surface area contributed by atoms with E-state index in [1.807, 2.05) is 30.3 Å². The fourth-order valence-corrected chi connectivity index (χ4v) is 4.09. The average Bonchev–Trinajstić information content (AvgIpc) is 3.50. The maximum atomic E-state index is 12.3. The van der Waals surface area contributed by atoms with E-state index in [2.05, 4.69) is 50.1 Å². The third-order valence-corrected chi connectivity index (χ3v) is 5.75. The molecule has 0 spiro atoms. The number of halogens is 1. The number of nitrogens with one attached hydrogen (secondary N) is 3. The Labute approximate surface area is 207 Å². The Morgan fingerprint density at radius 1 is 1.16 bits per heavy atom. The summed E-state index contributed by atoms with van der Waals surface area (Å²) in [6.45, 7) is 3.28. The number of benzene rings is 2. The Balaban J connectivity index is 0.00000289. The van der Waals surface area contributed by atoms with Crippen LogP contribution in [0.15, 0.2) is 59.6 Å². The number of anilines is 2. The van der Waals surface area contributed by atoms with Crippen LogP contribution in [0.4, 0.5) is 11.4 Å². The van der Waals surface area contributed by atoms with Crippen molar-refractivity contribution in [1.82, 2.24) is 10.6 Å². The van der Waals surface area contributed by atoms with E-state index in [-0.39, 0.29) is 36.0 Å². The molecule has 0 radical (unpaired) electrons. The molecule has 0 aliphatic carbocycles. The van der Waals surface area contributed by atoms with Gasteiger partial charge in [-0.2, -0.15) is 0 Å². The molecule has 3 N–H and O–H groups in total. The van der Waals surface area contributed by atoms with Crippen LogP contribution in [0.3, 0.4) is 0 Å². The number of rotatable bonds is 6. The number of nitrogens with zero attached hydrogens (tertiary/aromatic N) is 2. The number of aliphatic imine (C=N–C) groups is 1. The van der Waals surface area contributed by atoms with Gasteiger partial charge in [0.1, 0.15) is 6.10 Å². The van der Waals surface area contributed by atoms with E-state index in [4.69, 9.17) is 4.74 Å². The Hall–Kier alpha value is -2.33.